The van der Waals surface area contributed by atoms with Gasteiger partial charge < -0.3 is 5.32 Å². The van der Waals surface area contributed by atoms with Crippen molar-refractivity contribution in [3.63, 3.8) is 0 Å². The number of hydrogen-bond donors (Lipinski definition) is 1. The van der Waals surface area contributed by atoms with Gasteiger partial charge in [0.15, 0.2) is 0 Å². The second-order valence-corrected chi connectivity index (χ2v) is 8.91. The summed E-state index contributed by atoms with van der Waals surface area (Å²) in [6, 6.07) is 17.9. The molecule has 6 rings (SSSR count). The molecule has 26 heavy (non-hydrogen) atoms. The van der Waals surface area contributed by atoms with Gasteiger partial charge in [-0.05, 0) is 91.5 Å². The second kappa shape index (κ2) is 6.72. The van der Waals surface area contributed by atoms with Crippen molar-refractivity contribution in [2.45, 2.75) is 38.0 Å². The summed E-state index contributed by atoms with van der Waals surface area (Å²) in [5.41, 5.74) is 2.50. The predicted octanol–water partition coefficient (Wildman–Crippen LogP) is 6.09. The Hall–Kier alpha value is -1.83. The SMILES string of the molecule is Fc1ccc(NCC(c2ccccc2)C2C3CC4CC(C3)CC2C4)cc1. The molecule has 1 unspecified atom stereocenters. The fraction of sp³-hybridized carbons (Fsp3) is 0.500. The Kier molecular flexibility index (Phi) is 4.23. The van der Waals surface area contributed by atoms with Crippen molar-refractivity contribution in [2.24, 2.45) is 29.6 Å². The molecule has 0 aliphatic heterocycles. The number of anilines is 1. The molecule has 0 radical (unpaired) electrons. The minimum Gasteiger partial charge on any atom is -0.384 e. The first-order valence-electron chi connectivity index (χ1n) is 10.3. The standard InChI is InChI=1S/C24H28FN/c25-21-6-8-22(9-7-21)26-15-23(18-4-2-1-3-5-18)24-19-11-16-10-17(13-19)14-20(24)12-16/h1-9,16-17,19-20,23-24,26H,10-15H2. The Balaban J connectivity index is 1.40. The monoisotopic (exact) mass is 349 g/mol. The van der Waals surface area contributed by atoms with E-state index < -0.39 is 0 Å². The van der Waals surface area contributed by atoms with E-state index in [9.17, 15) is 4.39 Å². The van der Waals surface area contributed by atoms with Gasteiger partial charge in [-0.15, -0.1) is 0 Å². The van der Waals surface area contributed by atoms with Crippen LogP contribution in [0.1, 0.15) is 43.6 Å². The molecule has 0 aromatic heterocycles. The Bertz CT molecular complexity index is 711. The van der Waals surface area contributed by atoms with Crippen LogP contribution in [0.5, 0.6) is 0 Å². The van der Waals surface area contributed by atoms with E-state index in [4.69, 9.17) is 0 Å². The maximum Gasteiger partial charge on any atom is 0.123 e. The van der Waals surface area contributed by atoms with Crippen molar-refractivity contribution in [3.8, 4) is 0 Å². The zero-order valence-electron chi connectivity index (χ0n) is 15.3. The molecule has 0 saturated heterocycles. The van der Waals surface area contributed by atoms with Crippen molar-refractivity contribution >= 4 is 5.69 Å². The van der Waals surface area contributed by atoms with Crippen LogP contribution in [0.2, 0.25) is 0 Å². The highest BCUT2D eigenvalue weighted by molar-refractivity contribution is 5.43. The molecule has 136 valence electrons. The van der Waals surface area contributed by atoms with Crippen LogP contribution in [0.3, 0.4) is 0 Å². The molecule has 1 N–H and O–H groups in total. The summed E-state index contributed by atoms with van der Waals surface area (Å²) in [6.45, 7) is 0.947. The fourth-order valence-electron chi connectivity index (χ4n) is 6.60. The number of halogens is 1. The lowest BCUT2D eigenvalue weighted by molar-refractivity contribution is -0.0462. The minimum atomic E-state index is -0.170. The third-order valence-electron chi connectivity index (χ3n) is 7.36. The van der Waals surface area contributed by atoms with E-state index in [1.807, 2.05) is 12.1 Å². The maximum atomic E-state index is 13.2. The van der Waals surface area contributed by atoms with Crippen LogP contribution in [0.4, 0.5) is 10.1 Å². The van der Waals surface area contributed by atoms with Gasteiger partial charge in [0.2, 0.25) is 0 Å². The minimum absolute atomic E-state index is 0.170. The summed E-state index contributed by atoms with van der Waals surface area (Å²) in [4.78, 5) is 0. The zero-order valence-corrected chi connectivity index (χ0v) is 15.3. The topological polar surface area (TPSA) is 12.0 Å². The fourth-order valence-corrected chi connectivity index (χ4v) is 6.60. The summed E-state index contributed by atoms with van der Waals surface area (Å²) in [7, 11) is 0. The lowest BCUT2D eigenvalue weighted by Crippen LogP contribution is -2.48. The van der Waals surface area contributed by atoms with Crippen molar-refractivity contribution in [3.05, 3.63) is 66.0 Å². The van der Waals surface area contributed by atoms with Crippen molar-refractivity contribution in [1.29, 1.82) is 0 Å². The molecule has 0 amide bonds. The highest BCUT2D eigenvalue weighted by Crippen LogP contribution is 2.59. The molecule has 4 bridgehead atoms. The molecule has 4 aliphatic carbocycles. The molecule has 0 heterocycles. The third kappa shape index (κ3) is 3.04. The molecule has 4 saturated carbocycles. The van der Waals surface area contributed by atoms with Crippen molar-refractivity contribution in [2.75, 3.05) is 11.9 Å². The van der Waals surface area contributed by atoms with Gasteiger partial charge in [-0.1, -0.05) is 30.3 Å². The van der Waals surface area contributed by atoms with E-state index in [-0.39, 0.29) is 5.82 Å². The average molecular weight is 349 g/mol. The normalized spacial score (nSPS) is 33.2. The Morgan fingerprint density at radius 3 is 2.04 bits per heavy atom. The number of nitrogens with one attached hydrogen (secondary N) is 1. The van der Waals surface area contributed by atoms with Gasteiger partial charge in [0.05, 0.1) is 0 Å². The summed E-state index contributed by atoms with van der Waals surface area (Å²) < 4.78 is 13.2. The molecule has 2 aromatic rings. The van der Waals surface area contributed by atoms with E-state index in [1.165, 1.54) is 37.7 Å². The third-order valence-corrected chi connectivity index (χ3v) is 7.36. The van der Waals surface area contributed by atoms with Crippen LogP contribution in [0, 0.1) is 35.4 Å². The molecule has 4 aliphatic rings. The summed E-state index contributed by atoms with van der Waals surface area (Å²) in [5, 5.41) is 3.61. The van der Waals surface area contributed by atoms with Crippen LogP contribution in [-0.2, 0) is 0 Å². The van der Waals surface area contributed by atoms with Crippen molar-refractivity contribution in [1.82, 2.24) is 0 Å². The molecular weight excluding hydrogens is 321 g/mol. The molecule has 2 heteroatoms. The molecule has 0 spiro atoms. The number of hydrogen-bond acceptors (Lipinski definition) is 1. The van der Waals surface area contributed by atoms with Gasteiger partial charge in [0.25, 0.3) is 0 Å². The molecule has 1 nitrogen and oxygen atoms in total. The molecule has 2 aromatic carbocycles. The van der Waals surface area contributed by atoms with Crippen LogP contribution < -0.4 is 5.32 Å². The first-order chi connectivity index (χ1) is 12.8. The second-order valence-electron chi connectivity index (χ2n) is 8.91. The number of benzene rings is 2. The van der Waals surface area contributed by atoms with Crippen LogP contribution in [-0.4, -0.2) is 6.54 Å². The van der Waals surface area contributed by atoms with E-state index in [2.05, 4.69) is 35.6 Å². The summed E-state index contributed by atoms with van der Waals surface area (Å²) in [6.07, 6.45) is 7.33. The molecular formula is C24H28FN. The van der Waals surface area contributed by atoms with Crippen LogP contribution in [0.25, 0.3) is 0 Å². The summed E-state index contributed by atoms with van der Waals surface area (Å²) in [5.74, 6) is 5.02. The van der Waals surface area contributed by atoms with Gasteiger partial charge in [0, 0.05) is 18.2 Å². The van der Waals surface area contributed by atoms with E-state index in [0.29, 0.717) is 5.92 Å². The first kappa shape index (κ1) is 16.4. The first-order valence-corrected chi connectivity index (χ1v) is 10.3. The van der Waals surface area contributed by atoms with Gasteiger partial charge in [0.1, 0.15) is 5.82 Å². The quantitative estimate of drug-likeness (QED) is 0.688. The highest BCUT2D eigenvalue weighted by Gasteiger charge is 2.50. The van der Waals surface area contributed by atoms with Gasteiger partial charge in [-0.2, -0.15) is 0 Å². The van der Waals surface area contributed by atoms with Gasteiger partial charge in [-0.3, -0.25) is 0 Å². The van der Waals surface area contributed by atoms with Crippen molar-refractivity contribution < 1.29 is 4.39 Å². The molecule has 1 atom stereocenters. The van der Waals surface area contributed by atoms with Crippen LogP contribution >= 0.6 is 0 Å². The largest absolute Gasteiger partial charge is 0.384 e. The van der Waals surface area contributed by atoms with Crippen LogP contribution in [0.15, 0.2) is 54.6 Å². The predicted molar refractivity (Wildman–Crippen MR) is 105 cm³/mol. The lowest BCUT2D eigenvalue weighted by Gasteiger charge is -2.56. The Morgan fingerprint density at radius 1 is 0.808 bits per heavy atom. The zero-order chi connectivity index (χ0) is 17.5. The van der Waals surface area contributed by atoms with Gasteiger partial charge in [-0.25, -0.2) is 4.39 Å². The van der Waals surface area contributed by atoms with Gasteiger partial charge >= 0.3 is 0 Å². The summed E-state index contributed by atoms with van der Waals surface area (Å²) >= 11 is 0. The number of rotatable bonds is 5. The Labute approximate surface area is 156 Å². The lowest BCUT2D eigenvalue weighted by atomic mass is 9.49. The van der Waals surface area contributed by atoms with E-state index >= 15 is 0 Å². The highest BCUT2D eigenvalue weighted by atomic mass is 19.1. The van der Waals surface area contributed by atoms with E-state index in [1.54, 1.807) is 12.1 Å². The smallest absolute Gasteiger partial charge is 0.123 e. The molecule has 4 fully saturated rings. The Morgan fingerprint density at radius 2 is 1.42 bits per heavy atom. The maximum absolute atomic E-state index is 13.2. The van der Waals surface area contributed by atoms with E-state index in [0.717, 1.165) is 41.8 Å². The average Bonchev–Trinajstić information content (AvgIpc) is 2.65.